The molecule has 37 heavy (non-hydrogen) atoms. The third kappa shape index (κ3) is 4.80. The molecule has 0 aliphatic heterocycles. The summed E-state index contributed by atoms with van der Waals surface area (Å²) in [6.07, 6.45) is 7.59. The zero-order valence-corrected chi connectivity index (χ0v) is 22.4. The summed E-state index contributed by atoms with van der Waals surface area (Å²) in [6, 6.07) is 27.7. The lowest BCUT2D eigenvalue weighted by molar-refractivity contribution is 0.282. The number of aromatic nitrogens is 2. The highest BCUT2D eigenvalue weighted by Crippen LogP contribution is 2.48. The van der Waals surface area contributed by atoms with Gasteiger partial charge in [0.15, 0.2) is 5.16 Å². The molecule has 3 nitrogen and oxygen atoms in total. The summed E-state index contributed by atoms with van der Waals surface area (Å²) in [7, 11) is 0. The Bertz CT molecular complexity index is 1470. The van der Waals surface area contributed by atoms with Crippen LogP contribution in [0.1, 0.15) is 59.9 Å². The van der Waals surface area contributed by atoms with Gasteiger partial charge in [-0.3, -0.25) is 9.36 Å². The van der Waals surface area contributed by atoms with Crippen LogP contribution in [0.25, 0.3) is 11.3 Å². The molecule has 0 amide bonds. The van der Waals surface area contributed by atoms with E-state index < -0.39 is 0 Å². The van der Waals surface area contributed by atoms with Crippen LogP contribution < -0.4 is 5.56 Å². The first-order chi connectivity index (χ1) is 18.1. The molecule has 1 spiro atoms. The molecule has 1 fully saturated rings. The fourth-order valence-electron chi connectivity index (χ4n) is 6.36. The zero-order valence-electron chi connectivity index (χ0n) is 21.6. The largest absolute Gasteiger partial charge is 0.287 e. The van der Waals surface area contributed by atoms with Crippen molar-refractivity contribution < 1.29 is 0 Å². The van der Waals surface area contributed by atoms with E-state index in [0.29, 0.717) is 6.54 Å². The predicted molar refractivity (Wildman–Crippen MR) is 153 cm³/mol. The smallest absolute Gasteiger partial charge is 0.258 e. The molecule has 0 unspecified atom stereocenters. The maximum atomic E-state index is 14.5. The van der Waals surface area contributed by atoms with Crippen LogP contribution in [0, 0.1) is 6.92 Å². The van der Waals surface area contributed by atoms with Gasteiger partial charge in [0.05, 0.1) is 11.3 Å². The second kappa shape index (κ2) is 10.3. The highest BCUT2D eigenvalue weighted by Gasteiger charge is 2.43. The van der Waals surface area contributed by atoms with Crippen LogP contribution in [0.5, 0.6) is 0 Å². The molecule has 2 aliphatic carbocycles. The van der Waals surface area contributed by atoms with Gasteiger partial charge in [-0.05, 0) is 49.3 Å². The van der Waals surface area contributed by atoms with Crippen molar-refractivity contribution in [3.63, 3.8) is 0 Å². The summed E-state index contributed by atoms with van der Waals surface area (Å²) in [5, 5.41) is 0.837. The maximum absolute atomic E-state index is 14.5. The van der Waals surface area contributed by atoms with Gasteiger partial charge < -0.3 is 0 Å². The van der Waals surface area contributed by atoms with E-state index in [1.165, 1.54) is 41.5 Å². The van der Waals surface area contributed by atoms with Crippen LogP contribution in [0.2, 0.25) is 0 Å². The Hall–Kier alpha value is -3.11. The topological polar surface area (TPSA) is 34.9 Å². The van der Waals surface area contributed by atoms with Gasteiger partial charge in [-0.1, -0.05) is 115 Å². The van der Waals surface area contributed by atoms with Gasteiger partial charge in [0.1, 0.15) is 0 Å². The van der Waals surface area contributed by atoms with Crippen molar-refractivity contribution in [1.82, 2.24) is 9.55 Å². The Kier molecular flexibility index (Phi) is 6.77. The second-order valence-corrected chi connectivity index (χ2v) is 11.7. The van der Waals surface area contributed by atoms with E-state index in [1.807, 2.05) is 10.6 Å². The number of thioether (sulfide) groups is 1. The minimum absolute atomic E-state index is 0.0831. The Morgan fingerprint density at radius 1 is 0.892 bits per heavy atom. The third-order valence-electron chi connectivity index (χ3n) is 8.19. The van der Waals surface area contributed by atoms with Crippen molar-refractivity contribution in [2.24, 2.45) is 0 Å². The first kappa shape index (κ1) is 24.2. The van der Waals surface area contributed by atoms with Crippen molar-refractivity contribution in [2.45, 2.75) is 74.7 Å². The van der Waals surface area contributed by atoms with Crippen LogP contribution in [0.3, 0.4) is 0 Å². The lowest BCUT2D eigenvalue weighted by Crippen LogP contribution is -2.43. The molecule has 1 aromatic heterocycles. The van der Waals surface area contributed by atoms with Crippen LogP contribution in [0.4, 0.5) is 0 Å². The lowest BCUT2D eigenvalue weighted by atomic mass is 9.62. The SMILES string of the molecule is Cc1cccc(CSc2nc3c(c(=O)n2CCc2ccccc2)C2(CCCCC2)Cc2ccccc2-3)c1. The van der Waals surface area contributed by atoms with Gasteiger partial charge in [0.2, 0.25) is 0 Å². The summed E-state index contributed by atoms with van der Waals surface area (Å²) >= 11 is 1.69. The molecule has 1 saturated carbocycles. The molecule has 0 radical (unpaired) electrons. The first-order valence-corrected chi connectivity index (χ1v) is 14.6. The van der Waals surface area contributed by atoms with Gasteiger partial charge >= 0.3 is 0 Å². The van der Waals surface area contributed by atoms with E-state index in [-0.39, 0.29) is 11.0 Å². The van der Waals surface area contributed by atoms with Crippen LogP contribution >= 0.6 is 11.8 Å². The van der Waals surface area contributed by atoms with Gasteiger partial charge in [0.25, 0.3) is 5.56 Å². The molecule has 6 rings (SSSR count). The van der Waals surface area contributed by atoms with Gasteiger partial charge in [-0.25, -0.2) is 4.98 Å². The van der Waals surface area contributed by atoms with Crippen LogP contribution in [-0.4, -0.2) is 9.55 Å². The Morgan fingerprint density at radius 2 is 1.65 bits per heavy atom. The number of hydrogen-bond donors (Lipinski definition) is 0. The number of rotatable bonds is 6. The normalized spacial score (nSPS) is 15.8. The average molecular weight is 507 g/mol. The molecule has 2 aliphatic rings. The summed E-state index contributed by atoms with van der Waals surface area (Å²) in [5.74, 6) is 0.797. The van der Waals surface area contributed by atoms with E-state index in [0.717, 1.165) is 53.4 Å². The summed E-state index contributed by atoms with van der Waals surface area (Å²) in [4.78, 5) is 19.9. The van der Waals surface area contributed by atoms with Crippen molar-refractivity contribution in [3.05, 3.63) is 117 Å². The number of hydrogen-bond acceptors (Lipinski definition) is 3. The van der Waals surface area contributed by atoms with Crippen molar-refractivity contribution in [3.8, 4) is 11.3 Å². The van der Waals surface area contributed by atoms with Gasteiger partial charge in [-0.2, -0.15) is 0 Å². The van der Waals surface area contributed by atoms with Crippen molar-refractivity contribution in [1.29, 1.82) is 0 Å². The summed E-state index contributed by atoms with van der Waals surface area (Å²) < 4.78 is 2.00. The molecule has 1 heterocycles. The molecule has 0 saturated heterocycles. The number of fused-ring (bicyclic) bond motifs is 4. The van der Waals surface area contributed by atoms with Crippen LogP contribution in [-0.2, 0) is 30.6 Å². The van der Waals surface area contributed by atoms with Crippen molar-refractivity contribution >= 4 is 11.8 Å². The Balaban J connectivity index is 1.48. The lowest BCUT2D eigenvalue weighted by Gasteiger charge is -2.42. The van der Waals surface area contributed by atoms with E-state index in [1.54, 1.807) is 11.8 Å². The quantitative estimate of drug-likeness (QED) is 0.200. The molecule has 0 atom stereocenters. The highest BCUT2D eigenvalue weighted by molar-refractivity contribution is 7.98. The van der Waals surface area contributed by atoms with Crippen molar-refractivity contribution in [2.75, 3.05) is 0 Å². The monoisotopic (exact) mass is 506 g/mol. The second-order valence-electron chi connectivity index (χ2n) is 10.8. The Labute approximate surface area is 224 Å². The molecular formula is C33H34N2OS. The number of aryl methyl sites for hydroxylation is 2. The summed E-state index contributed by atoms with van der Waals surface area (Å²) in [6.45, 7) is 2.78. The Morgan fingerprint density at radius 3 is 2.46 bits per heavy atom. The maximum Gasteiger partial charge on any atom is 0.258 e. The average Bonchev–Trinajstić information content (AvgIpc) is 2.92. The summed E-state index contributed by atoms with van der Waals surface area (Å²) in [5.41, 5.74) is 8.29. The number of benzene rings is 3. The van der Waals surface area contributed by atoms with Gasteiger partial charge in [0, 0.05) is 23.3 Å². The molecular weight excluding hydrogens is 472 g/mol. The molecule has 4 aromatic rings. The molecule has 4 heteroatoms. The molecule has 3 aromatic carbocycles. The van der Waals surface area contributed by atoms with E-state index in [9.17, 15) is 4.79 Å². The van der Waals surface area contributed by atoms with E-state index in [2.05, 4.69) is 79.7 Å². The molecule has 188 valence electrons. The van der Waals surface area contributed by atoms with Gasteiger partial charge in [-0.15, -0.1) is 0 Å². The minimum Gasteiger partial charge on any atom is -0.287 e. The highest BCUT2D eigenvalue weighted by atomic mass is 32.2. The van der Waals surface area contributed by atoms with E-state index in [4.69, 9.17) is 4.98 Å². The fraction of sp³-hybridized carbons (Fsp3) is 0.333. The minimum atomic E-state index is -0.0831. The number of nitrogens with zero attached hydrogens (tertiary/aromatic N) is 2. The van der Waals surface area contributed by atoms with Crippen LogP contribution in [0.15, 0.2) is 88.8 Å². The standard InChI is InChI=1S/C33H34N2OS/c1-24-11-10-14-26(21-24)23-37-32-34-30-28-16-7-6-15-27(28)22-33(18-8-3-9-19-33)29(30)31(36)35(32)20-17-25-12-4-2-5-13-25/h2,4-7,10-16,21H,3,8-9,17-20,22-23H2,1H3. The predicted octanol–water partition coefficient (Wildman–Crippen LogP) is 7.51. The third-order valence-corrected chi connectivity index (χ3v) is 9.24. The first-order valence-electron chi connectivity index (χ1n) is 13.6. The molecule has 0 bridgehead atoms. The molecule has 0 N–H and O–H groups in total. The van der Waals surface area contributed by atoms with E-state index >= 15 is 0 Å². The fourth-order valence-corrected chi connectivity index (χ4v) is 7.33. The zero-order chi connectivity index (χ0) is 25.2.